The molecule has 5 atom stereocenters. The Labute approximate surface area is 173 Å². The first-order valence-corrected chi connectivity index (χ1v) is 11.1. The van der Waals surface area contributed by atoms with Gasteiger partial charge in [0.15, 0.2) is 6.23 Å². The van der Waals surface area contributed by atoms with Gasteiger partial charge in [-0.3, -0.25) is 9.32 Å². The number of aliphatic hydroxyl groups excluding tert-OH is 2. The van der Waals surface area contributed by atoms with Gasteiger partial charge in [-0.2, -0.15) is 0 Å². The van der Waals surface area contributed by atoms with Gasteiger partial charge in [0.2, 0.25) is 0 Å². The number of carbonyl (C=O) groups excluding carboxylic acids is 1. The molecule has 0 aliphatic carbocycles. The largest absolute Gasteiger partial charge is 0.470 e. The van der Waals surface area contributed by atoms with Crippen molar-refractivity contribution in [2.45, 2.75) is 50.9 Å². The van der Waals surface area contributed by atoms with E-state index in [0.717, 1.165) is 5.39 Å². The third-order valence-electron chi connectivity index (χ3n) is 4.81. The number of hydrogen-bond acceptors (Lipinski definition) is 7. The van der Waals surface area contributed by atoms with Crippen molar-refractivity contribution in [3.8, 4) is 0 Å². The number of nitrogens with zero attached hydrogens (tertiary/aromatic N) is 1. The van der Waals surface area contributed by atoms with Crippen LogP contribution in [0.2, 0.25) is 0 Å². The molecular formula is C19H26NO9P. The van der Waals surface area contributed by atoms with Crippen LogP contribution in [0.3, 0.4) is 0 Å². The van der Waals surface area contributed by atoms with Crippen molar-refractivity contribution in [3.05, 3.63) is 36.5 Å². The van der Waals surface area contributed by atoms with E-state index in [1.165, 1.54) is 0 Å². The Morgan fingerprint density at radius 3 is 2.57 bits per heavy atom. The first kappa shape index (κ1) is 22.9. The lowest BCUT2D eigenvalue weighted by Crippen LogP contribution is -2.57. The summed E-state index contributed by atoms with van der Waals surface area (Å²) in [6.07, 6.45) is -5.42. The number of rotatable bonds is 7. The minimum Gasteiger partial charge on any atom is -0.463 e. The number of carbonyl (C=O) groups is 1. The second-order valence-corrected chi connectivity index (χ2v) is 8.86. The fourth-order valence-corrected chi connectivity index (χ4v) is 4.03. The molecule has 1 aromatic heterocycles. The Kier molecular flexibility index (Phi) is 6.98. The summed E-state index contributed by atoms with van der Waals surface area (Å²) in [5.41, 5.74) is 0.698. The Bertz CT molecular complexity index is 924. The SMILES string of the molecule is CC(C)CC(=O)OC[C@H]1O[C@@H](n2ccc3ccccc32)[C@H](O)[C@@H](OP(=O)(O)O)[C@@H]1O. The molecule has 30 heavy (non-hydrogen) atoms. The lowest BCUT2D eigenvalue weighted by atomic mass is 9.98. The van der Waals surface area contributed by atoms with Crippen LogP contribution in [0.25, 0.3) is 10.9 Å². The first-order chi connectivity index (χ1) is 14.1. The highest BCUT2D eigenvalue weighted by atomic mass is 31.2. The van der Waals surface area contributed by atoms with Crippen molar-refractivity contribution in [2.24, 2.45) is 5.92 Å². The fourth-order valence-electron chi connectivity index (χ4n) is 3.46. The molecule has 1 aliphatic rings. The fraction of sp³-hybridized carbons (Fsp3) is 0.526. The number of hydrogen-bond donors (Lipinski definition) is 4. The second kappa shape index (κ2) is 9.15. The van der Waals surface area contributed by atoms with E-state index >= 15 is 0 Å². The average Bonchev–Trinajstić information content (AvgIpc) is 3.07. The molecule has 0 unspecified atom stereocenters. The molecule has 1 saturated heterocycles. The number of aliphatic hydroxyl groups is 2. The van der Waals surface area contributed by atoms with Gasteiger partial charge in [-0.05, 0) is 23.4 Å². The van der Waals surface area contributed by atoms with Crippen LogP contribution in [0, 0.1) is 5.92 Å². The van der Waals surface area contributed by atoms with Crippen LogP contribution >= 0.6 is 7.82 Å². The molecule has 11 heteroatoms. The maximum atomic E-state index is 11.9. The molecule has 2 heterocycles. The monoisotopic (exact) mass is 443 g/mol. The molecule has 0 radical (unpaired) electrons. The van der Waals surface area contributed by atoms with Gasteiger partial charge in [-0.1, -0.05) is 32.0 Å². The lowest BCUT2D eigenvalue weighted by Gasteiger charge is -2.42. The average molecular weight is 443 g/mol. The first-order valence-electron chi connectivity index (χ1n) is 9.53. The highest BCUT2D eigenvalue weighted by molar-refractivity contribution is 7.46. The van der Waals surface area contributed by atoms with Gasteiger partial charge < -0.3 is 34.0 Å². The van der Waals surface area contributed by atoms with Crippen LogP contribution in [-0.2, 0) is 23.4 Å². The summed E-state index contributed by atoms with van der Waals surface area (Å²) < 4.78 is 28.6. The molecule has 0 amide bonds. The van der Waals surface area contributed by atoms with E-state index in [-0.39, 0.29) is 18.9 Å². The Hall–Kier alpha value is -1.78. The smallest absolute Gasteiger partial charge is 0.463 e. The molecule has 1 fully saturated rings. The minimum atomic E-state index is -5.04. The number of fused-ring (bicyclic) bond motifs is 1. The number of aromatic nitrogens is 1. The number of benzene rings is 1. The lowest BCUT2D eigenvalue weighted by molar-refractivity contribution is -0.248. The van der Waals surface area contributed by atoms with Crippen molar-refractivity contribution in [3.63, 3.8) is 0 Å². The van der Waals surface area contributed by atoms with Crippen molar-refractivity contribution >= 4 is 24.7 Å². The van der Waals surface area contributed by atoms with Crippen LogP contribution in [0.4, 0.5) is 0 Å². The standard InChI is InChI=1S/C19H26NO9P/c1-11(2)9-15(21)27-10-14-16(22)18(29-30(24,25)26)17(23)19(28-14)20-8-7-12-5-3-4-6-13(12)20/h3-8,11,14,16-19,22-23H,9-10H2,1-2H3,(H2,24,25,26)/t14-,16-,17-,18+,19-/m1/s1. The molecule has 2 aromatic rings. The third-order valence-corrected chi connectivity index (χ3v) is 5.32. The maximum absolute atomic E-state index is 11.9. The van der Waals surface area contributed by atoms with Gasteiger partial charge in [0.05, 0.1) is 5.52 Å². The number of para-hydroxylation sites is 1. The molecule has 0 bridgehead atoms. The number of phosphoric acid groups is 1. The number of ether oxygens (including phenoxy) is 2. The molecule has 1 aromatic carbocycles. The number of phosphoric ester groups is 1. The maximum Gasteiger partial charge on any atom is 0.470 e. The molecule has 0 saturated carbocycles. The molecule has 10 nitrogen and oxygen atoms in total. The third kappa shape index (κ3) is 5.28. The van der Waals surface area contributed by atoms with Gasteiger partial charge in [0.25, 0.3) is 0 Å². The zero-order valence-corrected chi connectivity index (χ0v) is 17.5. The van der Waals surface area contributed by atoms with Gasteiger partial charge in [-0.25, -0.2) is 4.57 Å². The summed E-state index contributed by atoms with van der Waals surface area (Å²) in [5.74, 6) is -0.427. The van der Waals surface area contributed by atoms with Crippen LogP contribution in [0.5, 0.6) is 0 Å². The summed E-state index contributed by atoms with van der Waals surface area (Å²) >= 11 is 0. The van der Waals surface area contributed by atoms with Gasteiger partial charge in [0.1, 0.15) is 31.0 Å². The van der Waals surface area contributed by atoms with Gasteiger partial charge in [0, 0.05) is 12.6 Å². The number of esters is 1. The van der Waals surface area contributed by atoms with E-state index in [1.54, 1.807) is 29.0 Å². The molecule has 3 rings (SSSR count). The predicted octanol–water partition coefficient (Wildman–Crippen LogP) is 1.33. The van der Waals surface area contributed by atoms with Crippen molar-refractivity contribution in [1.82, 2.24) is 4.57 Å². The summed E-state index contributed by atoms with van der Waals surface area (Å²) in [6, 6.07) is 9.05. The normalized spacial score (nSPS) is 27.5. The van der Waals surface area contributed by atoms with Crippen LogP contribution < -0.4 is 0 Å². The zero-order chi connectivity index (χ0) is 22.1. The molecule has 0 spiro atoms. The van der Waals surface area contributed by atoms with Crippen molar-refractivity contribution in [2.75, 3.05) is 6.61 Å². The van der Waals surface area contributed by atoms with Crippen LogP contribution in [0.15, 0.2) is 36.5 Å². The van der Waals surface area contributed by atoms with Crippen molar-refractivity contribution < 1.29 is 43.4 Å². The summed E-state index contributed by atoms with van der Waals surface area (Å²) in [5, 5.41) is 22.1. The summed E-state index contributed by atoms with van der Waals surface area (Å²) in [6.45, 7) is 3.33. The highest BCUT2D eigenvalue weighted by Crippen LogP contribution is 2.43. The molecule has 4 N–H and O–H groups in total. The van der Waals surface area contributed by atoms with E-state index < -0.39 is 44.4 Å². The van der Waals surface area contributed by atoms with E-state index in [1.807, 2.05) is 26.0 Å². The highest BCUT2D eigenvalue weighted by Gasteiger charge is 2.49. The van der Waals surface area contributed by atoms with E-state index in [9.17, 15) is 29.4 Å². The van der Waals surface area contributed by atoms with Gasteiger partial charge in [-0.15, -0.1) is 0 Å². The molecule has 166 valence electrons. The minimum absolute atomic E-state index is 0.0706. The summed E-state index contributed by atoms with van der Waals surface area (Å²) in [4.78, 5) is 30.4. The topological polar surface area (TPSA) is 148 Å². The van der Waals surface area contributed by atoms with Crippen LogP contribution in [0.1, 0.15) is 26.5 Å². The Morgan fingerprint density at radius 2 is 1.90 bits per heavy atom. The van der Waals surface area contributed by atoms with Gasteiger partial charge >= 0.3 is 13.8 Å². The van der Waals surface area contributed by atoms with Crippen molar-refractivity contribution in [1.29, 1.82) is 0 Å². The molecular weight excluding hydrogens is 417 g/mol. The second-order valence-electron chi connectivity index (χ2n) is 7.67. The summed E-state index contributed by atoms with van der Waals surface area (Å²) in [7, 11) is -5.04. The Morgan fingerprint density at radius 1 is 1.20 bits per heavy atom. The van der Waals surface area contributed by atoms with E-state index in [4.69, 9.17) is 9.47 Å². The predicted molar refractivity (Wildman–Crippen MR) is 105 cm³/mol. The van der Waals surface area contributed by atoms with E-state index in [2.05, 4.69) is 4.52 Å². The Balaban J connectivity index is 1.88. The molecule has 1 aliphatic heterocycles. The van der Waals surface area contributed by atoms with Crippen LogP contribution in [-0.4, -0.2) is 61.6 Å². The quantitative estimate of drug-likeness (QED) is 0.367. The zero-order valence-electron chi connectivity index (χ0n) is 16.6. The van der Waals surface area contributed by atoms with E-state index in [0.29, 0.717) is 5.52 Å².